The number of nitrogens with one attached hydrogen (secondary N) is 1. The lowest BCUT2D eigenvalue weighted by Crippen LogP contribution is -2.16. The number of amides is 1. The van der Waals surface area contributed by atoms with Crippen LogP contribution in [-0.2, 0) is 4.79 Å². The minimum Gasteiger partial charge on any atom is -0.396 e. The molecule has 0 heterocycles. The number of para-hydroxylation sites is 1. The maximum Gasteiger partial charge on any atom is 0.234 e. The van der Waals surface area contributed by atoms with Gasteiger partial charge in [-0.1, -0.05) is 32.0 Å². The number of anilines is 1. The molecule has 1 aromatic carbocycles. The summed E-state index contributed by atoms with van der Waals surface area (Å²) in [4.78, 5) is 11.6. The lowest BCUT2D eigenvalue weighted by atomic mass is 10.0. The quantitative estimate of drug-likeness (QED) is 0.766. The van der Waals surface area contributed by atoms with E-state index >= 15 is 0 Å². The summed E-state index contributed by atoms with van der Waals surface area (Å²) < 4.78 is 0. The molecule has 94 valence electrons. The van der Waals surface area contributed by atoms with Crippen LogP contribution in [0.25, 0.3) is 0 Å². The lowest BCUT2D eigenvalue weighted by molar-refractivity contribution is -0.113. The first-order valence-corrected chi connectivity index (χ1v) is 6.88. The summed E-state index contributed by atoms with van der Waals surface area (Å²) in [6.45, 7) is 4.32. The Hall–Kier alpha value is -1.000. The van der Waals surface area contributed by atoms with Gasteiger partial charge in [0.05, 0.1) is 12.4 Å². The second-order valence-corrected chi connectivity index (χ2v) is 5.17. The average molecular weight is 253 g/mol. The SMILES string of the molecule is CC(C)c1ccccc1NC(=O)CSCCO. The van der Waals surface area contributed by atoms with E-state index in [1.807, 2.05) is 24.3 Å². The van der Waals surface area contributed by atoms with Crippen LogP contribution in [0.15, 0.2) is 24.3 Å². The molecule has 0 aliphatic rings. The summed E-state index contributed by atoms with van der Waals surface area (Å²) in [7, 11) is 0. The molecule has 4 heteroatoms. The van der Waals surface area contributed by atoms with Gasteiger partial charge in [-0.2, -0.15) is 0 Å². The number of carbonyl (C=O) groups is 1. The van der Waals surface area contributed by atoms with Crippen molar-refractivity contribution in [3.63, 3.8) is 0 Å². The maximum atomic E-state index is 11.6. The molecule has 2 N–H and O–H groups in total. The molecule has 0 spiro atoms. The molecule has 3 nitrogen and oxygen atoms in total. The first kappa shape index (κ1) is 14.1. The standard InChI is InChI=1S/C13H19NO2S/c1-10(2)11-5-3-4-6-12(11)14-13(16)9-17-8-7-15/h3-6,10,15H,7-9H2,1-2H3,(H,14,16). The van der Waals surface area contributed by atoms with Crippen LogP contribution in [0.5, 0.6) is 0 Å². The molecule has 0 atom stereocenters. The van der Waals surface area contributed by atoms with Crippen LogP contribution in [0.3, 0.4) is 0 Å². The van der Waals surface area contributed by atoms with Crippen molar-refractivity contribution in [1.82, 2.24) is 0 Å². The molecule has 0 saturated heterocycles. The normalized spacial score (nSPS) is 10.6. The van der Waals surface area contributed by atoms with Crippen molar-refractivity contribution in [2.45, 2.75) is 19.8 Å². The molecule has 0 aromatic heterocycles. The molecule has 1 aromatic rings. The predicted molar refractivity (Wildman–Crippen MR) is 73.6 cm³/mol. The second kappa shape index (κ2) is 7.35. The summed E-state index contributed by atoms with van der Waals surface area (Å²) in [5, 5.41) is 11.5. The zero-order chi connectivity index (χ0) is 12.7. The Morgan fingerprint density at radius 3 is 2.76 bits per heavy atom. The lowest BCUT2D eigenvalue weighted by Gasteiger charge is -2.13. The van der Waals surface area contributed by atoms with Gasteiger partial charge >= 0.3 is 0 Å². The number of rotatable bonds is 6. The van der Waals surface area contributed by atoms with Crippen molar-refractivity contribution >= 4 is 23.4 Å². The Balaban J connectivity index is 2.58. The van der Waals surface area contributed by atoms with Crippen LogP contribution in [0.2, 0.25) is 0 Å². The van der Waals surface area contributed by atoms with E-state index < -0.39 is 0 Å². The minimum atomic E-state index is -0.0171. The van der Waals surface area contributed by atoms with Crippen molar-refractivity contribution in [3.8, 4) is 0 Å². The van der Waals surface area contributed by atoms with Gasteiger partial charge in [0.25, 0.3) is 0 Å². The highest BCUT2D eigenvalue weighted by molar-refractivity contribution is 7.99. The maximum absolute atomic E-state index is 11.6. The van der Waals surface area contributed by atoms with E-state index in [1.54, 1.807) is 0 Å². The van der Waals surface area contributed by atoms with Crippen LogP contribution in [-0.4, -0.2) is 29.1 Å². The molecule has 0 saturated carbocycles. The molecule has 0 bridgehead atoms. The summed E-state index contributed by atoms with van der Waals surface area (Å²) in [6, 6.07) is 7.85. The molecule has 1 amide bonds. The van der Waals surface area contributed by atoms with Crippen LogP contribution in [0.1, 0.15) is 25.3 Å². The second-order valence-electron chi connectivity index (χ2n) is 4.07. The number of carbonyl (C=O) groups excluding carboxylic acids is 1. The van der Waals surface area contributed by atoms with Gasteiger partial charge in [0.2, 0.25) is 5.91 Å². The number of hydrogen-bond donors (Lipinski definition) is 2. The number of benzene rings is 1. The Morgan fingerprint density at radius 1 is 1.41 bits per heavy atom. The van der Waals surface area contributed by atoms with Crippen molar-refractivity contribution in [2.75, 3.05) is 23.4 Å². The van der Waals surface area contributed by atoms with Gasteiger partial charge in [0.15, 0.2) is 0 Å². The number of aliphatic hydroxyl groups is 1. The molecule has 1 rings (SSSR count). The Kier molecular flexibility index (Phi) is 6.08. The third-order valence-electron chi connectivity index (χ3n) is 2.33. The molecule has 0 radical (unpaired) electrons. The van der Waals surface area contributed by atoms with Gasteiger partial charge in [-0.25, -0.2) is 0 Å². The monoisotopic (exact) mass is 253 g/mol. The Labute approximate surface area is 107 Å². The predicted octanol–water partition coefficient (Wildman–Crippen LogP) is 2.47. The van der Waals surface area contributed by atoms with E-state index in [2.05, 4.69) is 19.2 Å². The fourth-order valence-electron chi connectivity index (χ4n) is 1.53. The van der Waals surface area contributed by atoms with Crippen molar-refractivity contribution in [2.24, 2.45) is 0 Å². The highest BCUT2D eigenvalue weighted by atomic mass is 32.2. The van der Waals surface area contributed by atoms with Crippen LogP contribution in [0, 0.1) is 0 Å². The zero-order valence-corrected chi connectivity index (χ0v) is 11.1. The largest absolute Gasteiger partial charge is 0.396 e. The van der Waals surface area contributed by atoms with Crippen LogP contribution < -0.4 is 5.32 Å². The third kappa shape index (κ3) is 4.79. The smallest absolute Gasteiger partial charge is 0.234 e. The summed E-state index contributed by atoms with van der Waals surface area (Å²) in [5.41, 5.74) is 2.03. The van der Waals surface area contributed by atoms with Crippen molar-refractivity contribution < 1.29 is 9.90 Å². The van der Waals surface area contributed by atoms with Crippen LogP contribution >= 0.6 is 11.8 Å². The molecular weight excluding hydrogens is 234 g/mol. The first-order chi connectivity index (χ1) is 8.15. The Morgan fingerprint density at radius 2 is 2.12 bits per heavy atom. The highest BCUT2D eigenvalue weighted by Crippen LogP contribution is 2.23. The van der Waals surface area contributed by atoms with Gasteiger partial charge in [-0.15, -0.1) is 11.8 Å². The first-order valence-electron chi connectivity index (χ1n) is 5.72. The van der Waals surface area contributed by atoms with Crippen LogP contribution in [0.4, 0.5) is 5.69 Å². The van der Waals surface area contributed by atoms with Crippen molar-refractivity contribution in [3.05, 3.63) is 29.8 Å². The molecule has 0 aliphatic carbocycles. The number of aliphatic hydroxyl groups excluding tert-OH is 1. The summed E-state index contributed by atoms with van der Waals surface area (Å²) in [6.07, 6.45) is 0. The van der Waals surface area contributed by atoms with Gasteiger partial charge in [-0.3, -0.25) is 4.79 Å². The fourth-order valence-corrected chi connectivity index (χ4v) is 2.06. The highest BCUT2D eigenvalue weighted by Gasteiger charge is 2.08. The molecule has 17 heavy (non-hydrogen) atoms. The zero-order valence-electron chi connectivity index (χ0n) is 10.3. The van der Waals surface area contributed by atoms with Gasteiger partial charge in [0.1, 0.15) is 0 Å². The molecule has 0 fully saturated rings. The minimum absolute atomic E-state index is 0.0171. The molecule has 0 unspecified atom stereocenters. The van der Waals surface area contributed by atoms with Gasteiger partial charge in [0, 0.05) is 11.4 Å². The van der Waals surface area contributed by atoms with E-state index in [1.165, 1.54) is 11.8 Å². The molecular formula is C13H19NO2S. The van der Waals surface area contributed by atoms with Crippen molar-refractivity contribution in [1.29, 1.82) is 0 Å². The van der Waals surface area contributed by atoms with E-state index in [9.17, 15) is 4.79 Å². The van der Waals surface area contributed by atoms with Gasteiger partial charge < -0.3 is 10.4 Å². The van der Waals surface area contributed by atoms with E-state index in [0.717, 1.165) is 11.3 Å². The number of thioether (sulfide) groups is 1. The fraction of sp³-hybridized carbons (Fsp3) is 0.462. The molecule has 0 aliphatic heterocycles. The van der Waals surface area contributed by atoms with Gasteiger partial charge in [-0.05, 0) is 17.5 Å². The third-order valence-corrected chi connectivity index (χ3v) is 3.26. The summed E-state index contributed by atoms with van der Waals surface area (Å²) in [5.74, 6) is 1.35. The van der Waals surface area contributed by atoms with E-state index in [0.29, 0.717) is 17.4 Å². The topological polar surface area (TPSA) is 49.3 Å². The average Bonchev–Trinajstić information content (AvgIpc) is 2.29. The van der Waals surface area contributed by atoms with E-state index in [4.69, 9.17) is 5.11 Å². The Bertz CT molecular complexity index is 366. The summed E-state index contributed by atoms with van der Waals surface area (Å²) >= 11 is 1.43. The number of hydrogen-bond acceptors (Lipinski definition) is 3. The van der Waals surface area contributed by atoms with E-state index in [-0.39, 0.29) is 12.5 Å².